The van der Waals surface area contributed by atoms with E-state index in [2.05, 4.69) is 63.0 Å². The minimum Gasteiger partial charge on any atom is -0.463 e. The van der Waals surface area contributed by atoms with Crippen LogP contribution in [0.15, 0.2) is 58.1 Å². The number of aromatic nitrogens is 1. The highest BCUT2D eigenvalue weighted by Crippen LogP contribution is 2.27. The van der Waals surface area contributed by atoms with Crippen LogP contribution in [0.1, 0.15) is 34.5 Å². The predicted octanol–water partition coefficient (Wildman–Crippen LogP) is 5.05. The van der Waals surface area contributed by atoms with E-state index >= 15 is 0 Å². The number of unbranched alkanes of at least 4 members (excludes halogenated alkanes) is 1. The van der Waals surface area contributed by atoms with Crippen LogP contribution in [0.5, 0.6) is 0 Å². The second-order valence-electron chi connectivity index (χ2n) is 9.19. The highest BCUT2D eigenvalue weighted by molar-refractivity contribution is 5.93. The molecule has 0 radical (unpaired) electrons. The summed E-state index contributed by atoms with van der Waals surface area (Å²) in [7, 11) is 1.36. The molecule has 0 unspecified atom stereocenters. The molecule has 0 bridgehead atoms. The molecule has 7 heteroatoms. The van der Waals surface area contributed by atoms with E-state index in [1.165, 1.54) is 47.7 Å². The van der Waals surface area contributed by atoms with Crippen LogP contribution in [0.4, 0.5) is 5.69 Å². The molecule has 0 saturated carbocycles. The number of methoxy groups -OCH3 is 1. The molecule has 0 amide bonds. The van der Waals surface area contributed by atoms with Crippen molar-refractivity contribution in [3.63, 3.8) is 0 Å². The summed E-state index contributed by atoms with van der Waals surface area (Å²) in [6.07, 6.45) is 5.61. The summed E-state index contributed by atoms with van der Waals surface area (Å²) in [4.78, 5) is 24.1. The Morgan fingerprint density at radius 2 is 1.97 bits per heavy atom. The number of nitrogens with one attached hydrogen (secondary N) is 1. The zero-order valence-electron chi connectivity index (χ0n) is 20.3. The molecule has 0 spiro atoms. The van der Waals surface area contributed by atoms with Gasteiger partial charge in [-0.3, -0.25) is 9.89 Å². The van der Waals surface area contributed by atoms with Gasteiger partial charge in [-0.05, 0) is 80.0 Å². The number of H-pyrrole nitrogens is 1. The van der Waals surface area contributed by atoms with Gasteiger partial charge in [-0.1, -0.05) is 6.07 Å². The van der Waals surface area contributed by atoms with E-state index in [1.807, 2.05) is 6.07 Å². The number of aromatic amines is 1. The number of anilines is 1. The molecule has 2 aromatic heterocycles. The third kappa shape index (κ3) is 5.10. The maximum absolute atomic E-state index is 11.7. The number of aryl methyl sites for hydroxylation is 1. The SMILES string of the molecule is C=NCc1ccc2[nH]cc(CCCCN3CCN(c4ccc5oc(C(=O)OC)cc5c4)CC3)c2c1. The number of esters is 1. The Bertz CT molecular complexity index is 1330. The molecule has 182 valence electrons. The normalized spacial score (nSPS) is 14.6. The standard InChI is InChI=1S/C28H32N4O3/c1-29-18-20-6-8-25-24(15-20)21(19-30-25)5-3-4-10-31-11-13-32(14-12-31)23-7-9-26-22(16-23)17-27(35-26)28(33)34-2/h6-9,15-17,19,30H,1,3-5,10-14,18H2,2H3. The summed E-state index contributed by atoms with van der Waals surface area (Å²) in [5.74, 6) is -0.206. The highest BCUT2D eigenvalue weighted by Gasteiger charge is 2.19. The van der Waals surface area contributed by atoms with Gasteiger partial charge >= 0.3 is 5.97 Å². The molecule has 35 heavy (non-hydrogen) atoms. The molecule has 5 rings (SSSR count). The molecule has 3 heterocycles. The van der Waals surface area contributed by atoms with Crippen molar-refractivity contribution < 1.29 is 13.9 Å². The van der Waals surface area contributed by atoms with Crippen molar-refractivity contribution in [1.29, 1.82) is 0 Å². The first-order valence-electron chi connectivity index (χ1n) is 12.2. The third-order valence-electron chi connectivity index (χ3n) is 6.92. The van der Waals surface area contributed by atoms with E-state index in [0.717, 1.165) is 44.5 Å². The van der Waals surface area contributed by atoms with Gasteiger partial charge in [0.05, 0.1) is 13.7 Å². The molecule has 1 fully saturated rings. The first kappa shape index (κ1) is 23.2. The zero-order chi connectivity index (χ0) is 24.2. The lowest BCUT2D eigenvalue weighted by Crippen LogP contribution is -2.46. The lowest BCUT2D eigenvalue weighted by atomic mass is 10.0. The predicted molar refractivity (Wildman–Crippen MR) is 141 cm³/mol. The number of hydrogen-bond acceptors (Lipinski definition) is 6. The van der Waals surface area contributed by atoms with E-state index in [4.69, 9.17) is 9.15 Å². The summed E-state index contributed by atoms with van der Waals surface area (Å²) in [5.41, 5.74) is 5.66. The zero-order valence-corrected chi connectivity index (χ0v) is 20.3. The number of fused-ring (bicyclic) bond motifs is 2. The monoisotopic (exact) mass is 472 g/mol. The quantitative estimate of drug-likeness (QED) is 0.210. The number of aliphatic imine (C=N–C) groups is 1. The molecule has 7 nitrogen and oxygen atoms in total. The fourth-order valence-electron chi connectivity index (χ4n) is 4.97. The van der Waals surface area contributed by atoms with Crippen LogP contribution in [-0.4, -0.2) is 62.4 Å². The van der Waals surface area contributed by atoms with Crippen molar-refractivity contribution in [1.82, 2.24) is 9.88 Å². The summed E-state index contributed by atoms with van der Waals surface area (Å²) in [6.45, 7) is 9.51. The lowest BCUT2D eigenvalue weighted by Gasteiger charge is -2.36. The first-order chi connectivity index (χ1) is 17.1. The summed E-state index contributed by atoms with van der Waals surface area (Å²) in [5, 5.41) is 2.24. The Hall–Kier alpha value is -3.58. The maximum atomic E-state index is 11.7. The second-order valence-corrected chi connectivity index (χ2v) is 9.19. The van der Waals surface area contributed by atoms with Crippen molar-refractivity contribution in [2.45, 2.75) is 25.8 Å². The van der Waals surface area contributed by atoms with Crippen LogP contribution in [-0.2, 0) is 17.7 Å². The molecular weight excluding hydrogens is 440 g/mol. The largest absolute Gasteiger partial charge is 0.463 e. The van der Waals surface area contributed by atoms with Crippen molar-refractivity contribution in [3.05, 3.63) is 65.5 Å². The number of carbonyl (C=O) groups is 1. The van der Waals surface area contributed by atoms with Gasteiger partial charge in [0.2, 0.25) is 5.76 Å². The molecule has 4 aromatic rings. The molecule has 2 aromatic carbocycles. The Morgan fingerprint density at radius 3 is 2.77 bits per heavy atom. The van der Waals surface area contributed by atoms with Gasteiger partial charge in [-0.2, -0.15) is 0 Å². The van der Waals surface area contributed by atoms with E-state index in [1.54, 1.807) is 6.07 Å². The number of hydrogen-bond donors (Lipinski definition) is 1. The van der Waals surface area contributed by atoms with Crippen molar-refractivity contribution >= 4 is 40.2 Å². The molecule has 1 N–H and O–H groups in total. The fourth-order valence-corrected chi connectivity index (χ4v) is 4.97. The van der Waals surface area contributed by atoms with Gasteiger partial charge < -0.3 is 19.0 Å². The van der Waals surface area contributed by atoms with Gasteiger partial charge in [0.1, 0.15) is 5.58 Å². The Kier molecular flexibility index (Phi) is 6.86. The summed E-state index contributed by atoms with van der Waals surface area (Å²) >= 11 is 0. The van der Waals surface area contributed by atoms with Gasteiger partial charge in [-0.15, -0.1) is 0 Å². The Labute approximate surface area is 205 Å². The first-order valence-corrected chi connectivity index (χ1v) is 12.2. The lowest BCUT2D eigenvalue weighted by molar-refractivity contribution is 0.0567. The minimum atomic E-state index is -0.448. The number of piperazine rings is 1. The number of ether oxygens (including phenoxy) is 1. The number of rotatable bonds is 9. The molecule has 0 aliphatic carbocycles. The maximum Gasteiger partial charge on any atom is 0.373 e. The Morgan fingerprint density at radius 1 is 1.11 bits per heavy atom. The van der Waals surface area contributed by atoms with Crippen LogP contribution < -0.4 is 4.90 Å². The van der Waals surface area contributed by atoms with Crippen molar-refractivity contribution in [3.8, 4) is 0 Å². The van der Waals surface area contributed by atoms with Crippen molar-refractivity contribution in [2.24, 2.45) is 4.99 Å². The van der Waals surface area contributed by atoms with Crippen molar-refractivity contribution in [2.75, 3.05) is 44.7 Å². The molecule has 1 saturated heterocycles. The van der Waals surface area contributed by atoms with E-state index in [9.17, 15) is 4.79 Å². The van der Waals surface area contributed by atoms with Crippen LogP contribution in [0.2, 0.25) is 0 Å². The number of benzene rings is 2. The number of nitrogens with zero attached hydrogens (tertiary/aromatic N) is 3. The molecule has 1 aliphatic rings. The topological polar surface area (TPSA) is 74.1 Å². The molecular formula is C28H32N4O3. The van der Waals surface area contributed by atoms with Crippen LogP contribution >= 0.6 is 0 Å². The Balaban J connectivity index is 1.10. The smallest absolute Gasteiger partial charge is 0.373 e. The number of furan rings is 1. The number of carbonyl (C=O) groups excluding carboxylic acids is 1. The molecule has 0 atom stereocenters. The van der Waals surface area contributed by atoms with Gasteiger partial charge in [0.15, 0.2) is 0 Å². The third-order valence-corrected chi connectivity index (χ3v) is 6.92. The van der Waals surface area contributed by atoms with Crippen LogP contribution in [0.25, 0.3) is 21.9 Å². The van der Waals surface area contributed by atoms with Gasteiger partial charge in [-0.25, -0.2) is 4.79 Å². The average Bonchev–Trinajstić information content (AvgIpc) is 3.50. The van der Waals surface area contributed by atoms with Crippen LogP contribution in [0, 0.1) is 0 Å². The summed E-state index contributed by atoms with van der Waals surface area (Å²) in [6, 6.07) is 14.4. The highest BCUT2D eigenvalue weighted by atomic mass is 16.5. The van der Waals surface area contributed by atoms with Gasteiger partial charge in [0, 0.05) is 54.4 Å². The van der Waals surface area contributed by atoms with E-state index in [0.29, 0.717) is 12.1 Å². The fraction of sp³-hybridized carbons (Fsp3) is 0.357. The minimum absolute atomic E-state index is 0.242. The second kappa shape index (κ2) is 10.4. The van der Waals surface area contributed by atoms with Gasteiger partial charge in [0.25, 0.3) is 0 Å². The van der Waals surface area contributed by atoms with Crippen LogP contribution in [0.3, 0.4) is 0 Å². The van der Waals surface area contributed by atoms with E-state index < -0.39 is 5.97 Å². The molecule has 1 aliphatic heterocycles. The average molecular weight is 473 g/mol. The summed E-state index contributed by atoms with van der Waals surface area (Å²) < 4.78 is 10.4. The van der Waals surface area contributed by atoms with E-state index in [-0.39, 0.29) is 5.76 Å².